The maximum absolute atomic E-state index is 13.0. The number of nitrogens with zero attached hydrogens (tertiary/aromatic N) is 3. The minimum absolute atomic E-state index is 0.175. The van der Waals surface area contributed by atoms with E-state index in [0.717, 1.165) is 29.5 Å². The number of fused-ring (bicyclic) bond motifs is 1. The van der Waals surface area contributed by atoms with Gasteiger partial charge >= 0.3 is 0 Å². The molecule has 190 valence electrons. The number of ether oxygens (including phenoxy) is 2. The van der Waals surface area contributed by atoms with Gasteiger partial charge in [0.1, 0.15) is 0 Å². The fraction of sp³-hybridized carbons (Fsp3) is 0.440. The third-order valence-electron chi connectivity index (χ3n) is 5.69. The van der Waals surface area contributed by atoms with Crippen molar-refractivity contribution in [3.63, 3.8) is 0 Å². The second-order valence-electron chi connectivity index (χ2n) is 8.00. The lowest BCUT2D eigenvalue weighted by Gasteiger charge is -2.20. The van der Waals surface area contributed by atoms with Gasteiger partial charge in [-0.05, 0) is 37.1 Å². The number of hydrogen-bond donors (Lipinski definition) is 0. The Labute approximate surface area is 210 Å². The number of carbonyl (C=O) groups excluding carboxylic acids is 1. The Bertz CT molecular complexity index is 1340. The number of thiazole rings is 1. The van der Waals surface area contributed by atoms with E-state index < -0.39 is 15.9 Å². The quantitative estimate of drug-likeness (QED) is 0.367. The molecule has 2 aromatic carbocycles. The second-order valence-corrected chi connectivity index (χ2v) is 10.9. The fourth-order valence-corrected chi connectivity index (χ4v) is 6.33. The number of aryl methyl sites for hydroxylation is 1. The highest BCUT2D eigenvalue weighted by atomic mass is 32.2. The van der Waals surface area contributed by atoms with Gasteiger partial charge in [0.2, 0.25) is 10.0 Å². The lowest BCUT2D eigenvalue weighted by Crippen LogP contribution is -2.31. The average molecular weight is 520 g/mol. The van der Waals surface area contributed by atoms with Crippen molar-refractivity contribution in [1.29, 1.82) is 0 Å². The highest BCUT2D eigenvalue weighted by molar-refractivity contribution is 7.89. The Kier molecular flexibility index (Phi) is 9.09. The molecule has 0 fully saturated rings. The van der Waals surface area contributed by atoms with Gasteiger partial charge in [-0.2, -0.15) is 9.30 Å². The van der Waals surface area contributed by atoms with Crippen molar-refractivity contribution in [3.8, 4) is 11.5 Å². The summed E-state index contributed by atoms with van der Waals surface area (Å²) in [5, 5.41) is 0. The van der Waals surface area contributed by atoms with Crippen LogP contribution < -0.4 is 14.3 Å². The van der Waals surface area contributed by atoms with Gasteiger partial charge < -0.3 is 14.0 Å². The van der Waals surface area contributed by atoms with Gasteiger partial charge in [-0.15, -0.1) is 0 Å². The lowest BCUT2D eigenvalue weighted by molar-refractivity contribution is 0.0997. The first-order chi connectivity index (χ1) is 16.8. The molecule has 35 heavy (non-hydrogen) atoms. The molecule has 3 rings (SSSR count). The topological polar surface area (TPSA) is 90.2 Å². The number of benzene rings is 2. The maximum atomic E-state index is 13.0. The molecule has 1 heterocycles. The Balaban J connectivity index is 1.98. The van der Waals surface area contributed by atoms with Crippen molar-refractivity contribution >= 4 is 37.5 Å². The van der Waals surface area contributed by atoms with Crippen LogP contribution in [0.4, 0.5) is 0 Å². The third kappa shape index (κ3) is 5.76. The summed E-state index contributed by atoms with van der Waals surface area (Å²) in [6, 6.07) is 9.78. The standard InChI is InChI=1S/C25H33N3O5S2/c1-6-9-15-27(8-3)35(30,31)19-12-10-18(11-13-19)24(29)26-25-28(14-7-2)20-16-21(32-4)22(33-5)17-23(20)34-25/h10-13,16-17H,6-9,14-15H2,1-5H3. The summed E-state index contributed by atoms with van der Waals surface area (Å²) in [7, 11) is -0.435. The predicted octanol–water partition coefficient (Wildman–Crippen LogP) is 4.68. The molecule has 0 aliphatic rings. The first-order valence-corrected chi connectivity index (χ1v) is 14.0. The monoisotopic (exact) mass is 519 g/mol. The van der Waals surface area contributed by atoms with Crippen LogP contribution >= 0.6 is 11.3 Å². The van der Waals surface area contributed by atoms with E-state index in [9.17, 15) is 13.2 Å². The minimum atomic E-state index is -3.60. The zero-order valence-corrected chi connectivity index (χ0v) is 22.5. The molecule has 0 aliphatic carbocycles. The minimum Gasteiger partial charge on any atom is -0.493 e. The predicted molar refractivity (Wildman–Crippen MR) is 139 cm³/mol. The number of amides is 1. The number of unbranched alkanes of at least 4 members (excludes halogenated alkanes) is 1. The highest BCUT2D eigenvalue weighted by Crippen LogP contribution is 2.33. The molecule has 0 radical (unpaired) electrons. The van der Waals surface area contributed by atoms with Gasteiger partial charge in [-0.25, -0.2) is 8.42 Å². The van der Waals surface area contributed by atoms with Crippen LogP contribution in [0.15, 0.2) is 46.3 Å². The Hall–Kier alpha value is -2.69. The fourth-order valence-electron chi connectivity index (χ4n) is 3.77. The zero-order chi connectivity index (χ0) is 25.6. The molecule has 0 aliphatic heterocycles. The van der Waals surface area contributed by atoms with Crippen molar-refractivity contribution in [2.24, 2.45) is 4.99 Å². The van der Waals surface area contributed by atoms with E-state index in [1.54, 1.807) is 14.2 Å². The van der Waals surface area contributed by atoms with Crippen LogP contribution in [0.1, 0.15) is 50.4 Å². The molecule has 8 nitrogen and oxygen atoms in total. The molecule has 10 heteroatoms. The molecule has 1 amide bonds. The number of methoxy groups -OCH3 is 2. The first-order valence-electron chi connectivity index (χ1n) is 11.7. The first kappa shape index (κ1) is 26.9. The van der Waals surface area contributed by atoms with Crippen LogP contribution in [-0.4, -0.2) is 50.5 Å². The van der Waals surface area contributed by atoms with Crippen LogP contribution in [0.3, 0.4) is 0 Å². The number of aromatic nitrogens is 1. The lowest BCUT2D eigenvalue weighted by atomic mass is 10.2. The molecule has 1 aromatic heterocycles. The van der Waals surface area contributed by atoms with Crippen LogP contribution in [0, 0.1) is 0 Å². The van der Waals surface area contributed by atoms with Gasteiger partial charge in [0.05, 0.1) is 29.3 Å². The van der Waals surface area contributed by atoms with Gasteiger partial charge in [0.25, 0.3) is 5.91 Å². The largest absolute Gasteiger partial charge is 0.493 e. The molecular weight excluding hydrogens is 486 g/mol. The smallest absolute Gasteiger partial charge is 0.279 e. The summed E-state index contributed by atoms with van der Waals surface area (Å²) in [5.74, 6) is 0.791. The van der Waals surface area contributed by atoms with Crippen LogP contribution in [0.2, 0.25) is 0 Å². The molecule has 3 aromatic rings. The van der Waals surface area contributed by atoms with Crippen LogP contribution in [0.25, 0.3) is 10.2 Å². The van der Waals surface area contributed by atoms with Crippen molar-refractivity contribution in [3.05, 3.63) is 46.8 Å². The van der Waals surface area contributed by atoms with Crippen molar-refractivity contribution in [2.45, 2.75) is 51.5 Å². The van der Waals surface area contributed by atoms with E-state index in [2.05, 4.69) is 11.9 Å². The molecule has 0 bridgehead atoms. The van der Waals surface area contributed by atoms with Gasteiger partial charge in [0, 0.05) is 37.3 Å². The van der Waals surface area contributed by atoms with Gasteiger partial charge in [0.15, 0.2) is 16.3 Å². The number of sulfonamides is 1. The Morgan fingerprint density at radius 2 is 1.69 bits per heavy atom. The third-order valence-corrected chi connectivity index (χ3v) is 8.71. The van der Waals surface area contributed by atoms with Gasteiger partial charge in [-0.1, -0.05) is 38.5 Å². The number of rotatable bonds is 11. The van der Waals surface area contributed by atoms with E-state index in [1.807, 2.05) is 30.5 Å². The molecule has 0 atom stereocenters. The van der Waals surface area contributed by atoms with Crippen LogP contribution in [0.5, 0.6) is 11.5 Å². The molecule has 0 N–H and O–H groups in total. The van der Waals surface area contributed by atoms with Crippen molar-refractivity contribution in [1.82, 2.24) is 8.87 Å². The normalized spacial score (nSPS) is 12.5. The van der Waals surface area contributed by atoms with E-state index in [0.29, 0.717) is 41.5 Å². The van der Waals surface area contributed by atoms with Crippen molar-refractivity contribution < 1.29 is 22.7 Å². The summed E-state index contributed by atoms with van der Waals surface area (Å²) in [6.45, 7) is 7.47. The molecule has 0 saturated heterocycles. The van der Waals surface area contributed by atoms with E-state index in [4.69, 9.17) is 9.47 Å². The SMILES string of the molecule is CCCCN(CC)S(=O)(=O)c1ccc(C(=O)N=c2sc3cc(OC)c(OC)cc3n2CCC)cc1. The number of carbonyl (C=O) groups is 1. The summed E-state index contributed by atoms with van der Waals surface area (Å²) >= 11 is 1.39. The van der Waals surface area contributed by atoms with E-state index in [-0.39, 0.29) is 4.90 Å². The molecule has 0 spiro atoms. The summed E-state index contributed by atoms with van der Waals surface area (Å²) < 4.78 is 41.1. The molecular formula is C25H33N3O5S2. The summed E-state index contributed by atoms with van der Waals surface area (Å²) in [4.78, 5) is 18.1. The van der Waals surface area contributed by atoms with Gasteiger partial charge in [-0.3, -0.25) is 4.79 Å². The highest BCUT2D eigenvalue weighted by Gasteiger charge is 2.23. The summed E-state index contributed by atoms with van der Waals surface area (Å²) in [6.07, 6.45) is 2.57. The zero-order valence-electron chi connectivity index (χ0n) is 20.9. The van der Waals surface area contributed by atoms with Crippen LogP contribution in [-0.2, 0) is 16.6 Å². The molecule has 0 unspecified atom stereocenters. The summed E-state index contributed by atoms with van der Waals surface area (Å²) in [5.41, 5.74) is 1.24. The number of hydrogen-bond acceptors (Lipinski definition) is 6. The van der Waals surface area contributed by atoms with E-state index >= 15 is 0 Å². The van der Waals surface area contributed by atoms with E-state index in [1.165, 1.54) is 39.9 Å². The second kappa shape index (κ2) is 11.8. The Morgan fingerprint density at radius 1 is 1.03 bits per heavy atom. The Morgan fingerprint density at radius 3 is 2.26 bits per heavy atom. The maximum Gasteiger partial charge on any atom is 0.279 e. The average Bonchev–Trinajstić information content (AvgIpc) is 3.19. The van der Waals surface area contributed by atoms with Crippen molar-refractivity contribution in [2.75, 3.05) is 27.3 Å². The molecule has 0 saturated carbocycles.